The van der Waals surface area contributed by atoms with Gasteiger partial charge in [-0.1, -0.05) is 34.6 Å². The molecule has 90 valence electrons. The van der Waals surface area contributed by atoms with Crippen molar-refractivity contribution in [2.24, 2.45) is 5.92 Å². The minimum Gasteiger partial charge on any atom is -0.371 e. The van der Waals surface area contributed by atoms with Crippen molar-refractivity contribution < 1.29 is 0 Å². The van der Waals surface area contributed by atoms with Crippen molar-refractivity contribution in [3.8, 4) is 0 Å². The van der Waals surface area contributed by atoms with E-state index in [0.717, 1.165) is 6.54 Å². The fraction of sp³-hybridized carbons (Fsp3) is 0.692. The van der Waals surface area contributed by atoms with Gasteiger partial charge in [0.1, 0.15) is 0 Å². The lowest BCUT2D eigenvalue weighted by Crippen LogP contribution is -2.47. The predicted octanol–water partition coefficient (Wildman–Crippen LogP) is 1.67. The highest BCUT2D eigenvalue weighted by molar-refractivity contribution is 5.60. The zero-order chi connectivity index (χ0) is 12.7. The van der Waals surface area contributed by atoms with Crippen LogP contribution in [-0.2, 0) is 5.41 Å². The van der Waals surface area contributed by atoms with Crippen LogP contribution < -0.4 is 15.8 Å². The van der Waals surface area contributed by atoms with E-state index in [2.05, 4.69) is 13.8 Å². The van der Waals surface area contributed by atoms with Gasteiger partial charge in [-0.3, -0.25) is 9.59 Å². The molecule has 0 saturated heterocycles. The maximum absolute atomic E-state index is 11.6. The third-order valence-corrected chi connectivity index (χ3v) is 2.66. The Morgan fingerprint density at radius 1 is 1.12 bits per heavy atom. The van der Waals surface area contributed by atoms with Crippen molar-refractivity contribution in [2.75, 3.05) is 18.5 Å². The van der Waals surface area contributed by atoms with Crippen LogP contribution in [0.5, 0.6) is 0 Å². The first kappa shape index (κ1) is 12.9. The molecule has 16 heavy (non-hydrogen) atoms. The van der Waals surface area contributed by atoms with Gasteiger partial charge in [0.25, 0.3) is 0 Å². The minimum absolute atomic E-state index is 0.244. The van der Waals surface area contributed by atoms with Crippen molar-refractivity contribution in [3.63, 3.8) is 0 Å². The molecular formula is C13H21NO2. The third-order valence-electron chi connectivity index (χ3n) is 2.66. The average Bonchev–Trinajstić information content (AvgIpc) is 2.08. The summed E-state index contributed by atoms with van der Waals surface area (Å²) in [6.45, 7) is 10.9. The maximum Gasteiger partial charge on any atom is 0.249 e. The van der Waals surface area contributed by atoms with Crippen molar-refractivity contribution in [3.05, 3.63) is 26.0 Å². The van der Waals surface area contributed by atoms with Crippen molar-refractivity contribution in [1.82, 2.24) is 0 Å². The zero-order valence-corrected chi connectivity index (χ0v) is 11.0. The van der Waals surface area contributed by atoms with Gasteiger partial charge in [-0.25, -0.2) is 0 Å². The number of hydrogen-bond donors (Lipinski definition) is 0. The Bertz CT molecular complexity index is 445. The highest BCUT2D eigenvalue weighted by atomic mass is 16.2. The summed E-state index contributed by atoms with van der Waals surface area (Å²) in [4.78, 5) is 25.1. The Morgan fingerprint density at radius 2 is 1.62 bits per heavy atom. The second-order valence-corrected chi connectivity index (χ2v) is 5.91. The molecule has 0 amide bonds. The summed E-state index contributed by atoms with van der Waals surface area (Å²) in [5, 5.41) is 0. The Kier molecular flexibility index (Phi) is 3.27. The van der Waals surface area contributed by atoms with Crippen molar-refractivity contribution in [2.45, 2.75) is 40.0 Å². The predicted molar refractivity (Wildman–Crippen MR) is 68.2 cm³/mol. The fourth-order valence-electron chi connectivity index (χ4n) is 2.08. The molecule has 1 aromatic rings. The van der Waals surface area contributed by atoms with E-state index in [1.807, 2.05) is 32.7 Å². The van der Waals surface area contributed by atoms with E-state index in [0.29, 0.717) is 17.2 Å². The van der Waals surface area contributed by atoms with E-state index in [9.17, 15) is 9.59 Å². The Hall–Kier alpha value is -1.12. The lowest BCUT2D eigenvalue weighted by molar-refractivity contribution is 0.568. The summed E-state index contributed by atoms with van der Waals surface area (Å²) in [7, 11) is 1.88. The normalized spacial score (nSPS) is 12.4. The second kappa shape index (κ2) is 4.04. The molecular weight excluding hydrogens is 202 g/mol. The van der Waals surface area contributed by atoms with Crippen LogP contribution in [0.15, 0.2) is 9.59 Å². The van der Waals surface area contributed by atoms with Gasteiger partial charge in [0.05, 0.1) is 5.69 Å². The molecule has 0 aliphatic heterocycles. The molecule has 0 N–H and O–H groups in total. The summed E-state index contributed by atoms with van der Waals surface area (Å²) in [6, 6.07) is 0. The van der Waals surface area contributed by atoms with Gasteiger partial charge < -0.3 is 4.90 Å². The molecule has 0 saturated carbocycles. The van der Waals surface area contributed by atoms with Crippen LogP contribution in [0.25, 0.3) is 0 Å². The first-order valence-corrected chi connectivity index (χ1v) is 5.71. The van der Waals surface area contributed by atoms with Gasteiger partial charge in [0.15, 0.2) is 0 Å². The molecule has 0 bridgehead atoms. The molecule has 0 radical (unpaired) electrons. The largest absolute Gasteiger partial charge is 0.371 e. The van der Waals surface area contributed by atoms with Gasteiger partial charge in [-0.2, -0.15) is 0 Å². The number of rotatable bonds is 3. The molecule has 0 atom stereocenters. The average molecular weight is 223 g/mol. The van der Waals surface area contributed by atoms with E-state index in [1.165, 1.54) is 0 Å². The van der Waals surface area contributed by atoms with Crippen LogP contribution >= 0.6 is 0 Å². The minimum atomic E-state index is -0.326. The zero-order valence-electron chi connectivity index (χ0n) is 11.0. The molecule has 0 aliphatic carbocycles. The van der Waals surface area contributed by atoms with Gasteiger partial charge >= 0.3 is 0 Å². The molecule has 0 heterocycles. The van der Waals surface area contributed by atoms with Gasteiger partial charge in [-0.15, -0.1) is 0 Å². The first-order valence-electron chi connectivity index (χ1n) is 5.71. The summed E-state index contributed by atoms with van der Waals surface area (Å²) < 4.78 is 0. The highest BCUT2D eigenvalue weighted by Gasteiger charge is 2.32. The standard InChI is InChI=1S/C13H21NO2/c1-8(2)7-14(6)10-9(13(3,4)5)11(15)12(10)16/h8H,7H2,1-6H3. The van der Waals surface area contributed by atoms with Crippen molar-refractivity contribution in [1.29, 1.82) is 0 Å². The summed E-state index contributed by atoms with van der Waals surface area (Å²) >= 11 is 0. The smallest absolute Gasteiger partial charge is 0.249 e. The van der Waals surface area contributed by atoms with E-state index in [-0.39, 0.29) is 16.3 Å². The lowest BCUT2D eigenvalue weighted by atomic mass is 9.82. The van der Waals surface area contributed by atoms with Gasteiger partial charge in [-0.05, 0) is 11.3 Å². The van der Waals surface area contributed by atoms with Crippen LogP contribution in [0.2, 0.25) is 0 Å². The molecule has 1 rings (SSSR count). The lowest BCUT2D eigenvalue weighted by Gasteiger charge is -2.30. The van der Waals surface area contributed by atoms with Crippen molar-refractivity contribution >= 4 is 5.69 Å². The maximum atomic E-state index is 11.6. The number of anilines is 1. The molecule has 0 fully saturated rings. The van der Waals surface area contributed by atoms with Gasteiger partial charge in [0.2, 0.25) is 10.9 Å². The van der Waals surface area contributed by atoms with E-state index in [4.69, 9.17) is 0 Å². The van der Waals surface area contributed by atoms with Crippen LogP contribution in [0, 0.1) is 5.92 Å². The van der Waals surface area contributed by atoms with Crippen LogP contribution in [0.3, 0.4) is 0 Å². The van der Waals surface area contributed by atoms with E-state index < -0.39 is 0 Å². The quantitative estimate of drug-likeness (QED) is 0.732. The second-order valence-electron chi connectivity index (χ2n) is 5.91. The molecule has 0 aromatic heterocycles. The van der Waals surface area contributed by atoms with E-state index >= 15 is 0 Å². The monoisotopic (exact) mass is 223 g/mol. The number of nitrogens with zero attached hydrogens (tertiary/aromatic N) is 1. The SMILES string of the molecule is CC(C)CN(C)c1c(C(C)(C)C)c(=O)c1=O. The topological polar surface area (TPSA) is 37.4 Å². The Labute approximate surface area is 96.8 Å². The van der Waals surface area contributed by atoms with Crippen LogP contribution in [-0.4, -0.2) is 13.6 Å². The Morgan fingerprint density at radius 3 is 2.00 bits per heavy atom. The molecule has 0 spiro atoms. The van der Waals surface area contributed by atoms with Gasteiger partial charge in [0, 0.05) is 19.2 Å². The number of hydrogen-bond acceptors (Lipinski definition) is 3. The molecule has 0 aliphatic rings. The van der Waals surface area contributed by atoms with E-state index in [1.54, 1.807) is 0 Å². The molecule has 0 unspecified atom stereocenters. The molecule has 1 aromatic carbocycles. The summed E-state index contributed by atoms with van der Waals surface area (Å²) in [6.07, 6.45) is 0. The summed E-state index contributed by atoms with van der Waals surface area (Å²) in [5.74, 6) is 0.474. The molecule has 3 nitrogen and oxygen atoms in total. The van der Waals surface area contributed by atoms with Crippen LogP contribution in [0.1, 0.15) is 40.2 Å². The van der Waals surface area contributed by atoms with Crippen LogP contribution in [0.4, 0.5) is 5.69 Å². The Balaban J connectivity index is 3.12. The molecule has 3 heteroatoms. The summed E-state index contributed by atoms with van der Waals surface area (Å²) in [5.41, 5.74) is 0.420. The third kappa shape index (κ3) is 2.18. The fourth-order valence-corrected chi connectivity index (χ4v) is 2.08. The highest BCUT2D eigenvalue weighted by Crippen LogP contribution is 2.27. The first-order chi connectivity index (χ1) is 7.16.